The number of quaternary nitrogens is 1. The molecule has 0 heterocycles. The largest absolute Gasteiger partial charge is 0.756 e. The van der Waals surface area contributed by atoms with Crippen LogP contribution in [0, 0.1) is 0 Å². The summed E-state index contributed by atoms with van der Waals surface area (Å²) in [5.74, 6) is -0.516. The second-order valence-corrected chi connectivity index (χ2v) is 26.5. The van der Waals surface area contributed by atoms with Crippen molar-refractivity contribution < 1.29 is 37.3 Å². The van der Waals surface area contributed by atoms with Gasteiger partial charge in [0, 0.05) is 12.8 Å². The molecule has 0 aliphatic carbocycles. The van der Waals surface area contributed by atoms with Crippen molar-refractivity contribution in [2.24, 2.45) is 0 Å². The number of carbonyl (C=O) groups is 2. The lowest BCUT2D eigenvalue weighted by Crippen LogP contribution is -2.47. The zero-order valence-electron chi connectivity index (χ0n) is 53.2. The van der Waals surface area contributed by atoms with Crippen molar-refractivity contribution in [1.29, 1.82) is 0 Å². The van der Waals surface area contributed by atoms with E-state index in [2.05, 4.69) is 26.1 Å². The number of phosphoric acid groups is 1. The minimum absolute atomic E-state index is 0.0165. The van der Waals surface area contributed by atoms with Crippen LogP contribution in [0.15, 0.2) is 12.2 Å². The van der Waals surface area contributed by atoms with Gasteiger partial charge in [0.2, 0.25) is 5.91 Å². The minimum atomic E-state index is -4.69. The number of unbranched alkanes of at least 4 members (excludes halogenated alkanes) is 48. The van der Waals surface area contributed by atoms with E-state index in [4.69, 9.17) is 13.8 Å². The highest BCUT2D eigenvalue weighted by molar-refractivity contribution is 7.45. The van der Waals surface area contributed by atoms with Crippen molar-refractivity contribution in [1.82, 2.24) is 5.32 Å². The number of hydrogen-bond acceptors (Lipinski definition) is 7. The number of carbonyl (C=O) groups excluding carboxylic acids is 2. The molecule has 0 bridgehead atoms. The lowest BCUT2D eigenvalue weighted by molar-refractivity contribution is -0.870. The molecule has 0 aromatic heterocycles. The van der Waals surface area contributed by atoms with Gasteiger partial charge in [0.25, 0.3) is 7.82 Å². The van der Waals surface area contributed by atoms with Crippen molar-refractivity contribution in [3.05, 3.63) is 12.2 Å². The lowest BCUT2D eigenvalue weighted by Gasteiger charge is -2.30. The highest BCUT2D eigenvalue weighted by atomic mass is 31.2. The molecule has 0 aromatic carbocycles. The zero-order chi connectivity index (χ0) is 57.2. The number of allylic oxidation sites excluding steroid dienone is 1. The van der Waals surface area contributed by atoms with Crippen LogP contribution in [0.4, 0.5) is 0 Å². The van der Waals surface area contributed by atoms with Gasteiger partial charge >= 0.3 is 5.97 Å². The Morgan fingerprint density at radius 1 is 0.436 bits per heavy atom. The fraction of sp³-hybridized carbons (Fsp3) is 0.941. The second-order valence-electron chi connectivity index (χ2n) is 25.1. The van der Waals surface area contributed by atoms with E-state index in [9.17, 15) is 19.0 Å². The Balaban J connectivity index is 5.00. The molecule has 0 rings (SSSR count). The minimum Gasteiger partial charge on any atom is -0.756 e. The molecule has 3 unspecified atom stereocenters. The maximum Gasteiger partial charge on any atom is 0.306 e. The van der Waals surface area contributed by atoms with Crippen LogP contribution in [-0.2, 0) is 27.9 Å². The Labute approximate surface area is 486 Å². The molecule has 9 nitrogen and oxygen atoms in total. The molecule has 1 N–H and O–H groups in total. The maximum atomic E-state index is 13.6. The average Bonchev–Trinajstić information content (AvgIpc) is 3.40. The van der Waals surface area contributed by atoms with E-state index in [-0.39, 0.29) is 31.5 Å². The molecule has 464 valence electrons. The molecule has 0 aliphatic rings. The number of nitrogens with zero attached hydrogens (tertiary/aromatic N) is 1. The predicted octanol–water partition coefficient (Wildman–Crippen LogP) is 20.9. The first-order chi connectivity index (χ1) is 37.9. The third-order valence-electron chi connectivity index (χ3n) is 16.0. The Morgan fingerprint density at radius 3 is 1.05 bits per heavy atom. The van der Waals surface area contributed by atoms with Gasteiger partial charge in [0.1, 0.15) is 19.3 Å². The second kappa shape index (κ2) is 58.9. The van der Waals surface area contributed by atoms with Gasteiger partial charge in [-0.05, 0) is 31.8 Å². The molecule has 0 radical (unpaired) electrons. The van der Waals surface area contributed by atoms with Crippen LogP contribution in [0.25, 0.3) is 0 Å². The summed E-state index contributed by atoms with van der Waals surface area (Å²) >= 11 is 0. The molecule has 0 aromatic rings. The molecule has 3 atom stereocenters. The molecule has 0 fully saturated rings. The Kier molecular flexibility index (Phi) is 58.0. The van der Waals surface area contributed by atoms with Crippen molar-refractivity contribution in [2.45, 2.75) is 373 Å². The highest BCUT2D eigenvalue weighted by Crippen LogP contribution is 2.38. The highest BCUT2D eigenvalue weighted by Gasteiger charge is 2.27. The Bertz CT molecular complexity index is 1340. The number of ether oxygens (including phenoxy) is 1. The number of esters is 1. The third-order valence-corrected chi connectivity index (χ3v) is 16.9. The quantitative estimate of drug-likeness (QED) is 0.0212. The van der Waals surface area contributed by atoms with Crippen LogP contribution in [0.5, 0.6) is 0 Å². The first-order valence-electron chi connectivity index (χ1n) is 34.5. The van der Waals surface area contributed by atoms with Crippen LogP contribution in [0.1, 0.15) is 361 Å². The normalized spacial score (nSPS) is 13.6. The van der Waals surface area contributed by atoms with Gasteiger partial charge in [-0.1, -0.05) is 329 Å². The van der Waals surface area contributed by atoms with E-state index in [0.29, 0.717) is 17.4 Å². The monoisotopic (exact) mass is 1120 g/mol. The number of nitrogens with one attached hydrogen (secondary N) is 1. The van der Waals surface area contributed by atoms with Crippen LogP contribution >= 0.6 is 7.82 Å². The SMILES string of the molecule is CCCCCCCCCCCC/C=C\C(OC(=O)CCCCCCCCCCCCCCCCC)C(COP(=O)([O-])OCC[N+](C)(C)C)NC(=O)CCCCCCCCCCCCCCCCCCCCCCCCCCC. The molecule has 0 saturated carbocycles. The van der Waals surface area contributed by atoms with Crippen molar-refractivity contribution in [2.75, 3.05) is 40.9 Å². The van der Waals surface area contributed by atoms with Crippen molar-refractivity contribution in [3.63, 3.8) is 0 Å². The molecule has 0 aliphatic heterocycles. The van der Waals surface area contributed by atoms with Crippen molar-refractivity contribution in [3.8, 4) is 0 Å². The lowest BCUT2D eigenvalue weighted by atomic mass is 10.0. The summed E-state index contributed by atoms with van der Waals surface area (Å²) in [6, 6.07) is -0.880. The first kappa shape index (κ1) is 76.8. The summed E-state index contributed by atoms with van der Waals surface area (Å²) in [5, 5.41) is 3.05. The van der Waals surface area contributed by atoms with E-state index in [1.54, 1.807) is 0 Å². The summed E-state index contributed by atoms with van der Waals surface area (Å²) < 4.78 is 30.4. The summed E-state index contributed by atoms with van der Waals surface area (Å²) in [5.41, 5.74) is 0. The topological polar surface area (TPSA) is 114 Å². The van der Waals surface area contributed by atoms with Gasteiger partial charge in [-0.3, -0.25) is 14.2 Å². The molecule has 78 heavy (non-hydrogen) atoms. The van der Waals surface area contributed by atoms with Gasteiger partial charge < -0.3 is 28.5 Å². The molecule has 10 heteroatoms. The maximum absolute atomic E-state index is 13.6. The number of rotatable bonds is 64. The average molecular weight is 1120 g/mol. The van der Waals surface area contributed by atoms with Crippen LogP contribution in [0.2, 0.25) is 0 Å². The number of phosphoric ester groups is 1. The van der Waals surface area contributed by atoms with Gasteiger partial charge in [-0.2, -0.15) is 0 Å². The molecule has 0 saturated heterocycles. The Hall–Kier alpha value is -1.25. The summed E-state index contributed by atoms with van der Waals surface area (Å²) in [4.78, 5) is 40.1. The predicted molar refractivity (Wildman–Crippen MR) is 335 cm³/mol. The van der Waals surface area contributed by atoms with Crippen LogP contribution < -0.4 is 10.2 Å². The fourth-order valence-corrected chi connectivity index (χ4v) is 11.4. The molecule has 0 spiro atoms. The van der Waals surface area contributed by atoms with Gasteiger partial charge in [-0.15, -0.1) is 0 Å². The molecule has 1 amide bonds. The number of likely N-dealkylation sites (N-methyl/N-ethyl adjacent to an activating group) is 1. The van der Waals surface area contributed by atoms with E-state index >= 15 is 0 Å². The summed E-state index contributed by atoms with van der Waals surface area (Å²) in [6.07, 6.45) is 69.1. The summed E-state index contributed by atoms with van der Waals surface area (Å²) in [7, 11) is 1.21. The van der Waals surface area contributed by atoms with Crippen LogP contribution in [0.3, 0.4) is 0 Å². The molecular formula is C68H135N2O7P. The van der Waals surface area contributed by atoms with E-state index < -0.39 is 20.0 Å². The van der Waals surface area contributed by atoms with Gasteiger partial charge in [0.15, 0.2) is 0 Å². The zero-order valence-corrected chi connectivity index (χ0v) is 54.1. The van der Waals surface area contributed by atoms with Gasteiger partial charge in [-0.25, -0.2) is 0 Å². The van der Waals surface area contributed by atoms with Gasteiger partial charge in [0.05, 0.1) is 33.8 Å². The van der Waals surface area contributed by atoms with Crippen molar-refractivity contribution >= 4 is 19.7 Å². The smallest absolute Gasteiger partial charge is 0.306 e. The fourth-order valence-electron chi connectivity index (χ4n) is 10.6. The van der Waals surface area contributed by atoms with E-state index in [1.807, 2.05) is 33.3 Å². The first-order valence-corrected chi connectivity index (χ1v) is 36.0. The number of amides is 1. The summed E-state index contributed by atoms with van der Waals surface area (Å²) in [6.45, 7) is 6.91. The van der Waals surface area contributed by atoms with E-state index in [0.717, 1.165) is 57.8 Å². The Morgan fingerprint density at radius 2 is 0.731 bits per heavy atom. The number of hydrogen-bond donors (Lipinski definition) is 1. The third kappa shape index (κ3) is 59.4. The van der Waals surface area contributed by atoms with E-state index in [1.165, 1.54) is 270 Å². The van der Waals surface area contributed by atoms with Crippen LogP contribution in [-0.4, -0.2) is 69.4 Å². The standard InChI is InChI=1S/C68H135N2O7P/c1-7-10-13-16-19-22-25-28-30-31-32-33-34-35-36-37-38-39-41-42-45-48-51-54-57-60-67(71)69-65(64-76-78(73,74)75-63-62-70(4,5)6)66(59-56-53-50-47-44-27-24-21-18-15-12-9-3)77-68(72)61-58-55-52-49-46-43-40-29-26-23-20-17-14-11-8-2/h56,59,65-66H,7-55,57-58,60-64H2,1-6H3,(H-,69,71,73,74)/b59-56-. The molecular weight excluding hydrogens is 988 g/mol.